The maximum Gasteiger partial charge on any atom is 0.0937 e. The number of hydrogen-bond acceptors (Lipinski definition) is 1. The van der Waals surface area contributed by atoms with Crippen LogP contribution in [0.15, 0.2) is 0 Å². The maximum absolute atomic E-state index is 12.1. The Kier molecular flexibility index (Phi) is 6.52. The molecule has 0 spiro atoms. The van der Waals surface area contributed by atoms with Gasteiger partial charge in [0.05, 0.1) is 6.67 Å². The van der Waals surface area contributed by atoms with E-state index in [0.29, 0.717) is 5.92 Å². The quantitative estimate of drug-likeness (QED) is 0.622. The summed E-state index contributed by atoms with van der Waals surface area (Å²) < 4.78 is 12.1. The van der Waals surface area contributed by atoms with Gasteiger partial charge in [-0.3, -0.25) is 4.39 Å². The van der Waals surface area contributed by atoms with E-state index in [1.165, 1.54) is 0 Å². The molecule has 0 aromatic heterocycles. The van der Waals surface area contributed by atoms with Crippen LogP contribution >= 0.6 is 0 Å². The van der Waals surface area contributed by atoms with Gasteiger partial charge < -0.3 is 5.32 Å². The molecule has 0 amide bonds. The van der Waals surface area contributed by atoms with Crippen LogP contribution in [-0.4, -0.2) is 19.8 Å². The Morgan fingerprint density at radius 1 is 1.45 bits per heavy atom. The van der Waals surface area contributed by atoms with Gasteiger partial charge in [-0.05, 0) is 18.9 Å². The first-order chi connectivity index (χ1) is 5.34. The van der Waals surface area contributed by atoms with Gasteiger partial charge in [0.2, 0.25) is 0 Å². The van der Waals surface area contributed by atoms with Gasteiger partial charge in [-0.1, -0.05) is 20.8 Å². The lowest BCUT2D eigenvalue weighted by molar-refractivity contribution is 0.222. The Balaban J connectivity index is 0.000000461. The van der Waals surface area contributed by atoms with Gasteiger partial charge in [0.25, 0.3) is 0 Å². The molecule has 0 bridgehead atoms. The first-order valence-corrected chi connectivity index (χ1v) is 4.61. The van der Waals surface area contributed by atoms with Crippen LogP contribution in [0.4, 0.5) is 4.39 Å². The molecule has 1 heterocycles. The Hall–Kier alpha value is -0.110. The second-order valence-corrected chi connectivity index (χ2v) is 2.88. The Morgan fingerprint density at radius 3 is 2.45 bits per heavy atom. The molecule has 1 nitrogen and oxygen atoms in total. The van der Waals surface area contributed by atoms with Gasteiger partial charge >= 0.3 is 0 Å². The van der Waals surface area contributed by atoms with E-state index >= 15 is 0 Å². The van der Waals surface area contributed by atoms with Crippen LogP contribution in [0.3, 0.4) is 0 Å². The molecular formula is C9H20FN. The monoisotopic (exact) mass is 161 g/mol. The summed E-state index contributed by atoms with van der Waals surface area (Å²) in [6, 6.07) is 0. The third-order valence-corrected chi connectivity index (χ3v) is 2.19. The Morgan fingerprint density at radius 2 is 2.09 bits per heavy atom. The summed E-state index contributed by atoms with van der Waals surface area (Å²) >= 11 is 0. The molecule has 0 aromatic rings. The average Bonchev–Trinajstić information content (AvgIpc) is 2.09. The highest BCUT2D eigenvalue weighted by atomic mass is 19.1. The first kappa shape index (κ1) is 10.9. The molecule has 2 atom stereocenters. The van der Waals surface area contributed by atoms with Gasteiger partial charge in [0, 0.05) is 12.5 Å². The minimum atomic E-state index is -0.159. The fourth-order valence-electron chi connectivity index (χ4n) is 1.26. The van der Waals surface area contributed by atoms with E-state index in [1.807, 2.05) is 13.8 Å². The minimum absolute atomic E-state index is 0.159. The van der Waals surface area contributed by atoms with Crippen LogP contribution in [0.1, 0.15) is 27.2 Å². The third-order valence-electron chi connectivity index (χ3n) is 2.19. The molecule has 1 aliphatic heterocycles. The van der Waals surface area contributed by atoms with Crippen molar-refractivity contribution in [1.82, 2.24) is 5.32 Å². The maximum atomic E-state index is 12.1. The lowest BCUT2D eigenvalue weighted by atomic mass is 9.89. The molecule has 1 saturated heterocycles. The molecule has 0 saturated carbocycles. The van der Waals surface area contributed by atoms with E-state index in [4.69, 9.17) is 0 Å². The van der Waals surface area contributed by atoms with Crippen LogP contribution in [0, 0.1) is 11.8 Å². The van der Waals surface area contributed by atoms with E-state index in [2.05, 4.69) is 12.2 Å². The second-order valence-electron chi connectivity index (χ2n) is 2.88. The van der Waals surface area contributed by atoms with Crippen LogP contribution in [0.2, 0.25) is 0 Å². The van der Waals surface area contributed by atoms with Crippen molar-refractivity contribution in [1.29, 1.82) is 0 Å². The molecule has 11 heavy (non-hydrogen) atoms. The number of alkyl halides is 1. The smallest absolute Gasteiger partial charge is 0.0937 e. The SMILES string of the molecule is CC.CC1CCNCC1CF. The van der Waals surface area contributed by atoms with Gasteiger partial charge in [-0.15, -0.1) is 0 Å². The standard InChI is InChI=1S/C7H14FN.C2H6/c1-6-2-3-9-5-7(6)4-8;1-2/h6-7,9H,2-5H2,1H3;1-2H3. The van der Waals surface area contributed by atoms with Crippen LogP contribution in [-0.2, 0) is 0 Å². The predicted molar refractivity (Wildman–Crippen MR) is 47.5 cm³/mol. The lowest BCUT2D eigenvalue weighted by Gasteiger charge is -2.26. The van der Waals surface area contributed by atoms with Crippen molar-refractivity contribution in [3.8, 4) is 0 Å². The summed E-state index contributed by atoms with van der Waals surface area (Å²) in [4.78, 5) is 0. The zero-order valence-corrected chi connectivity index (χ0v) is 7.86. The first-order valence-electron chi connectivity index (χ1n) is 4.61. The molecule has 1 fully saturated rings. The summed E-state index contributed by atoms with van der Waals surface area (Å²) in [5, 5.41) is 3.18. The number of piperidine rings is 1. The summed E-state index contributed by atoms with van der Waals surface area (Å²) in [7, 11) is 0. The summed E-state index contributed by atoms with van der Waals surface area (Å²) in [5.74, 6) is 0.856. The van der Waals surface area contributed by atoms with E-state index in [0.717, 1.165) is 19.5 Å². The second kappa shape index (κ2) is 6.59. The summed E-state index contributed by atoms with van der Waals surface area (Å²) in [6.45, 7) is 7.91. The van der Waals surface area contributed by atoms with E-state index < -0.39 is 0 Å². The van der Waals surface area contributed by atoms with Crippen LogP contribution in [0.25, 0.3) is 0 Å². The molecular weight excluding hydrogens is 141 g/mol. The number of nitrogens with one attached hydrogen (secondary N) is 1. The van der Waals surface area contributed by atoms with Gasteiger partial charge in [-0.2, -0.15) is 0 Å². The van der Waals surface area contributed by atoms with Crippen molar-refractivity contribution in [2.45, 2.75) is 27.2 Å². The average molecular weight is 161 g/mol. The topological polar surface area (TPSA) is 12.0 Å². The lowest BCUT2D eigenvalue weighted by Crippen LogP contribution is -2.36. The highest BCUT2D eigenvalue weighted by Crippen LogP contribution is 2.17. The highest BCUT2D eigenvalue weighted by molar-refractivity contribution is 4.73. The number of halogens is 1. The van der Waals surface area contributed by atoms with E-state index in [1.54, 1.807) is 0 Å². The molecule has 1 N–H and O–H groups in total. The van der Waals surface area contributed by atoms with Gasteiger partial charge in [0.1, 0.15) is 0 Å². The van der Waals surface area contributed by atoms with E-state index in [-0.39, 0.29) is 12.6 Å². The fourth-order valence-corrected chi connectivity index (χ4v) is 1.26. The van der Waals surface area contributed by atoms with Crippen molar-refractivity contribution in [3.63, 3.8) is 0 Å². The van der Waals surface area contributed by atoms with Crippen molar-refractivity contribution in [2.24, 2.45) is 11.8 Å². The van der Waals surface area contributed by atoms with Gasteiger partial charge in [-0.25, -0.2) is 0 Å². The molecule has 1 aliphatic rings. The molecule has 2 heteroatoms. The zero-order valence-electron chi connectivity index (χ0n) is 7.86. The molecule has 68 valence electrons. The Labute approximate surface area is 69.4 Å². The molecule has 0 radical (unpaired) electrons. The minimum Gasteiger partial charge on any atom is -0.316 e. The van der Waals surface area contributed by atoms with Gasteiger partial charge in [0.15, 0.2) is 0 Å². The number of hydrogen-bond donors (Lipinski definition) is 1. The van der Waals surface area contributed by atoms with Crippen LogP contribution < -0.4 is 5.32 Å². The predicted octanol–water partition coefficient (Wildman–Crippen LogP) is 2.23. The normalized spacial score (nSPS) is 30.5. The molecule has 0 aliphatic carbocycles. The van der Waals surface area contributed by atoms with Crippen molar-refractivity contribution in [2.75, 3.05) is 19.8 Å². The largest absolute Gasteiger partial charge is 0.316 e. The van der Waals surface area contributed by atoms with Crippen molar-refractivity contribution < 1.29 is 4.39 Å². The molecule has 0 aromatic carbocycles. The zero-order chi connectivity index (χ0) is 8.69. The summed E-state index contributed by atoms with van der Waals surface area (Å²) in [6.07, 6.45) is 1.13. The number of rotatable bonds is 1. The van der Waals surface area contributed by atoms with Crippen molar-refractivity contribution in [3.05, 3.63) is 0 Å². The fraction of sp³-hybridized carbons (Fsp3) is 1.00. The van der Waals surface area contributed by atoms with Crippen LogP contribution in [0.5, 0.6) is 0 Å². The van der Waals surface area contributed by atoms with Crippen molar-refractivity contribution >= 4 is 0 Å². The van der Waals surface area contributed by atoms with E-state index in [9.17, 15) is 4.39 Å². The highest BCUT2D eigenvalue weighted by Gasteiger charge is 2.19. The third kappa shape index (κ3) is 3.71. The molecule has 2 unspecified atom stereocenters. The molecule has 1 rings (SSSR count). The summed E-state index contributed by atoms with van der Waals surface area (Å²) in [5.41, 5.74) is 0. The Bertz CT molecular complexity index is 85.6.